The summed E-state index contributed by atoms with van der Waals surface area (Å²) in [5.41, 5.74) is 1.16. The molecule has 0 heterocycles. The van der Waals surface area contributed by atoms with Gasteiger partial charge in [0.2, 0.25) is 28.4 Å². The number of hydrogen-bond acceptors (Lipinski definition) is 7. The van der Waals surface area contributed by atoms with Gasteiger partial charge < -0.3 is 15.7 Å². The van der Waals surface area contributed by atoms with Gasteiger partial charge in [0, 0.05) is 30.3 Å². The fourth-order valence-corrected chi connectivity index (χ4v) is 3.68. The van der Waals surface area contributed by atoms with Gasteiger partial charge in [-0.1, -0.05) is 75.8 Å². The Kier molecular flexibility index (Phi) is 21.5. The molecule has 2 atom stereocenters. The number of nitro groups is 1. The lowest BCUT2D eigenvalue weighted by atomic mass is 9.90. The molecule has 0 aromatic rings. The van der Waals surface area contributed by atoms with E-state index in [2.05, 4.69) is 44.1 Å². The summed E-state index contributed by atoms with van der Waals surface area (Å²) in [7, 11) is -2.64. The van der Waals surface area contributed by atoms with Crippen molar-refractivity contribution in [2.75, 3.05) is 26.7 Å². The maximum Gasteiger partial charge on any atom is 0.328 e. The van der Waals surface area contributed by atoms with E-state index in [0.717, 1.165) is 21.7 Å². The third kappa shape index (κ3) is 19.5. The third-order valence-electron chi connectivity index (χ3n) is 5.02. The summed E-state index contributed by atoms with van der Waals surface area (Å²) < 4.78 is 24.6. The lowest BCUT2D eigenvalue weighted by Gasteiger charge is -2.19. The zero-order chi connectivity index (χ0) is 31.1. The van der Waals surface area contributed by atoms with E-state index < -0.39 is 34.5 Å². The van der Waals surface area contributed by atoms with E-state index in [-0.39, 0.29) is 30.3 Å². The molecular weight excluding hydrogens is 540 g/mol. The van der Waals surface area contributed by atoms with Crippen molar-refractivity contribution in [1.29, 1.82) is 0 Å². The molecule has 2 amide bonds. The molecule has 0 radical (unpaired) electrons. The number of likely N-dealkylation sites (N-methyl/N-ethyl adjacent to an activating group) is 1. The first-order chi connectivity index (χ1) is 18.7. The zero-order valence-corrected chi connectivity index (χ0v) is 24.9. The van der Waals surface area contributed by atoms with Crippen molar-refractivity contribution >= 4 is 27.8 Å². The van der Waals surface area contributed by atoms with Crippen molar-refractivity contribution in [2.45, 2.75) is 59.4 Å². The molecule has 3 N–H and O–H groups in total. The molecule has 1 rings (SSSR count). The summed E-state index contributed by atoms with van der Waals surface area (Å²) in [6, 6.07) is -1.38. The molecule has 1 aliphatic rings. The molecule has 0 aliphatic heterocycles. The molecular formula is C27H44N4O8S. The normalized spacial score (nSPS) is 15.2. The summed E-state index contributed by atoms with van der Waals surface area (Å²) in [4.78, 5) is 44.6. The van der Waals surface area contributed by atoms with Gasteiger partial charge in [0.15, 0.2) is 0 Å². The summed E-state index contributed by atoms with van der Waals surface area (Å²) in [5.74, 6) is -2.10. The molecule has 12 nitrogen and oxygen atoms in total. The summed E-state index contributed by atoms with van der Waals surface area (Å²) >= 11 is 0. The van der Waals surface area contributed by atoms with Crippen LogP contribution in [0.2, 0.25) is 0 Å². The Bertz CT molecular complexity index is 1050. The van der Waals surface area contributed by atoms with Crippen molar-refractivity contribution in [3.05, 3.63) is 70.2 Å². The number of aliphatic carboxylic acids is 1. The predicted octanol–water partition coefficient (Wildman–Crippen LogP) is 3.19. The Morgan fingerprint density at radius 3 is 2.40 bits per heavy atom. The number of sulfonamides is 1. The van der Waals surface area contributed by atoms with Crippen molar-refractivity contribution in [1.82, 2.24) is 14.9 Å². The number of carbonyl (C=O) groups excluding carboxylic acids is 2. The second-order valence-electron chi connectivity index (χ2n) is 8.73. The van der Waals surface area contributed by atoms with E-state index >= 15 is 0 Å². The van der Waals surface area contributed by atoms with Crippen LogP contribution in [0.4, 0.5) is 0 Å². The molecule has 2 unspecified atom stereocenters. The van der Waals surface area contributed by atoms with Crippen LogP contribution in [0.15, 0.2) is 60.1 Å². The second kappa shape index (κ2) is 22.3. The maximum absolute atomic E-state index is 12.1. The number of carbonyl (C=O) groups is 3. The Balaban J connectivity index is 0. The van der Waals surface area contributed by atoms with Crippen molar-refractivity contribution in [3.63, 3.8) is 0 Å². The fourth-order valence-electron chi connectivity index (χ4n) is 2.86. The Morgan fingerprint density at radius 2 is 1.93 bits per heavy atom. The van der Waals surface area contributed by atoms with E-state index in [1.165, 1.54) is 31.7 Å². The molecule has 0 fully saturated rings. The Morgan fingerprint density at radius 1 is 1.30 bits per heavy atom. The van der Waals surface area contributed by atoms with Gasteiger partial charge in [0.1, 0.15) is 6.04 Å². The van der Waals surface area contributed by atoms with E-state index in [0.29, 0.717) is 12.3 Å². The topological polar surface area (TPSA) is 176 Å². The molecule has 13 heteroatoms. The van der Waals surface area contributed by atoms with Crippen LogP contribution < -0.4 is 10.6 Å². The minimum atomic E-state index is -3.83. The summed E-state index contributed by atoms with van der Waals surface area (Å²) in [5, 5.41) is 24.4. The van der Waals surface area contributed by atoms with Gasteiger partial charge in [-0.3, -0.25) is 19.7 Å². The fraction of sp³-hybridized carbons (Fsp3) is 0.519. The van der Waals surface area contributed by atoms with Crippen LogP contribution in [0.25, 0.3) is 0 Å². The van der Waals surface area contributed by atoms with Crippen LogP contribution in [0.3, 0.4) is 0 Å². The number of rotatable bonds is 14. The zero-order valence-electron chi connectivity index (χ0n) is 24.0. The molecule has 1 aliphatic carbocycles. The Hall–Kier alpha value is -3.58. The smallest absolute Gasteiger partial charge is 0.328 e. The van der Waals surface area contributed by atoms with Gasteiger partial charge >= 0.3 is 5.97 Å². The van der Waals surface area contributed by atoms with Gasteiger partial charge in [-0.05, 0) is 31.8 Å². The first-order valence-electron chi connectivity index (χ1n) is 12.9. The molecule has 0 aromatic heterocycles. The predicted molar refractivity (Wildman–Crippen MR) is 156 cm³/mol. The molecule has 40 heavy (non-hydrogen) atoms. The minimum Gasteiger partial charge on any atom is -0.480 e. The van der Waals surface area contributed by atoms with Crippen LogP contribution in [0.1, 0.15) is 53.4 Å². The number of carboxylic acids is 1. The molecule has 0 saturated carbocycles. The number of allylic oxidation sites excluding steroid dienone is 7. The van der Waals surface area contributed by atoms with E-state index in [1.807, 2.05) is 12.2 Å². The van der Waals surface area contributed by atoms with Crippen LogP contribution in [-0.4, -0.2) is 73.3 Å². The van der Waals surface area contributed by atoms with Gasteiger partial charge in [0.05, 0.1) is 6.54 Å². The number of carboxylic acid groups (broad SMARTS) is 1. The summed E-state index contributed by atoms with van der Waals surface area (Å²) in [6.45, 7) is 10.5. The minimum absolute atomic E-state index is 0.0590. The standard InChI is InChI=1S/C20H29N3O6S.C4H7NO2.C3H8/c1-4-5-12-30(28,29)23(3)14-19(25)22-17(20(26)27)13-21-18(24)11-10-16-9-7-6-8-15(16)2;1-2-3-4-5(6)7;1-3-2/h4-7,9,12,15,17H,1,8,10-11,13-14H2,2-3H3,(H,21,24)(H,22,25)(H,26,27);2-3H,4H2,1H3;3H2,1-2H3/b12-5+;3-2-;. The van der Waals surface area contributed by atoms with Crippen molar-refractivity contribution in [2.24, 2.45) is 5.92 Å². The number of amides is 2. The number of nitrogens with zero attached hydrogens (tertiary/aromatic N) is 2. The first-order valence-corrected chi connectivity index (χ1v) is 14.4. The monoisotopic (exact) mass is 584 g/mol. The second-order valence-corrected chi connectivity index (χ2v) is 10.7. The average molecular weight is 585 g/mol. The van der Waals surface area contributed by atoms with Gasteiger partial charge in [-0.25, -0.2) is 13.2 Å². The average Bonchev–Trinajstić information content (AvgIpc) is 2.88. The Labute approximate surface area is 237 Å². The largest absolute Gasteiger partial charge is 0.480 e. The van der Waals surface area contributed by atoms with Crippen molar-refractivity contribution in [3.8, 4) is 0 Å². The van der Waals surface area contributed by atoms with Crippen LogP contribution in [0.5, 0.6) is 0 Å². The first kappa shape index (κ1) is 38.6. The van der Waals surface area contributed by atoms with E-state index in [4.69, 9.17) is 0 Å². The van der Waals surface area contributed by atoms with Crippen LogP contribution >= 0.6 is 0 Å². The lowest BCUT2D eigenvalue weighted by molar-refractivity contribution is -0.468. The molecule has 0 saturated heterocycles. The van der Waals surface area contributed by atoms with E-state index in [1.54, 1.807) is 13.0 Å². The quantitative estimate of drug-likeness (QED) is 0.121. The SMILES string of the molecule is C/C=C\C[N+](=O)[O-].C=C/C=C/S(=O)(=O)N(C)CC(=O)NC(CNC(=O)CCC1=CC=CCC1C)C(=O)O.CCC. The third-order valence-corrected chi connectivity index (χ3v) is 6.52. The van der Waals surface area contributed by atoms with Crippen LogP contribution in [0, 0.1) is 16.0 Å². The van der Waals surface area contributed by atoms with E-state index in [9.17, 15) is 38.0 Å². The van der Waals surface area contributed by atoms with Crippen molar-refractivity contribution < 1.29 is 32.8 Å². The molecule has 0 aromatic carbocycles. The number of hydrogen-bond donors (Lipinski definition) is 3. The highest BCUT2D eigenvalue weighted by Gasteiger charge is 2.24. The highest BCUT2D eigenvalue weighted by Crippen LogP contribution is 2.23. The van der Waals surface area contributed by atoms with Gasteiger partial charge in [-0.15, -0.1) is 0 Å². The summed E-state index contributed by atoms with van der Waals surface area (Å²) in [6.07, 6.45) is 14.6. The number of nitrogens with one attached hydrogen (secondary N) is 2. The maximum atomic E-state index is 12.1. The van der Waals surface area contributed by atoms with Gasteiger partial charge in [-0.2, -0.15) is 4.31 Å². The molecule has 226 valence electrons. The molecule has 0 bridgehead atoms. The highest BCUT2D eigenvalue weighted by atomic mass is 32.2. The van der Waals surface area contributed by atoms with Crippen LogP contribution in [-0.2, 0) is 24.4 Å². The highest BCUT2D eigenvalue weighted by molar-refractivity contribution is 7.92. The molecule has 0 spiro atoms. The lowest BCUT2D eigenvalue weighted by Crippen LogP contribution is -2.50. The van der Waals surface area contributed by atoms with Gasteiger partial charge in [0.25, 0.3) is 0 Å².